The van der Waals surface area contributed by atoms with Gasteiger partial charge in [0, 0.05) is 25.3 Å². The van der Waals surface area contributed by atoms with Gasteiger partial charge in [0.1, 0.15) is 12.4 Å². The topological polar surface area (TPSA) is 94.5 Å². The molecule has 0 spiro atoms. The van der Waals surface area contributed by atoms with Crippen LogP contribution in [0.15, 0.2) is 24.4 Å². The zero-order valence-electron chi connectivity index (χ0n) is 20.8. The van der Waals surface area contributed by atoms with Gasteiger partial charge in [-0.3, -0.25) is 4.79 Å². The molecule has 1 amide bonds. The van der Waals surface area contributed by atoms with Crippen molar-refractivity contribution in [3.63, 3.8) is 0 Å². The number of anilines is 2. The molecule has 2 aliphatic rings. The van der Waals surface area contributed by atoms with Crippen molar-refractivity contribution in [3.05, 3.63) is 30.1 Å². The smallest absolute Gasteiger partial charge is 0.356 e. The maximum atomic E-state index is 12.8. The Hall–Kier alpha value is -2.87. The van der Waals surface area contributed by atoms with Crippen molar-refractivity contribution in [3.8, 4) is 11.4 Å². The molecule has 0 aromatic heterocycles. The number of hydrogen-bond donors (Lipinski definition) is 2. The number of nitrogens with one attached hydrogen (secondary N) is 2. The van der Waals surface area contributed by atoms with Crippen LogP contribution in [-0.2, 0) is 20.8 Å². The SMILES string of the molecule is C=C(C)CCCC(C)Nc1cnc2n(CCC(C)C)c(C(=O)OC)c(NC(=O)COC)cc1-2. The summed E-state index contributed by atoms with van der Waals surface area (Å²) in [5.41, 5.74) is 3.54. The molecule has 0 fully saturated rings. The Balaban J connectivity index is 2.49. The molecule has 0 aliphatic carbocycles. The lowest BCUT2D eigenvalue weighted by Gasteiger charge is -2.22. The Bertz CT molecular complexity index is 935. The molecule has 0 saturated carbocycles. The third-order valence-electron chi connectivity index (χ3n) is 5.42. The standard InChI is InChI=1S/C25H38N4O4/c1-16(2)9-8-10-18(5)27-21-14-26-24-19(21)13-20(28-22(30)15-32-6)23(25(31)33-7)29(24)12-11-17(3)4/h13-14,17-18,27H,1,8-12,15H2,2-7H3,(H,28,30). The lowest BCUT2D eigenvalue weighted by atomic mass is 10.1. The van der Waals surface area contributed by atoms with Gasteiger partial charge < -0.3 is 24.7 Å². The van der Waals surface area contributed by atoms with Gasteiger partial charge >= 0.3 is 5.97 Å². The van der Waals surface area contributed by atoms with Crippen molar-refractivity contribution < 1.29 is 19.1 Å². The second-order valence-electron chi connectivity index (χ2n) is 9.02. The number of esters is 1. The summed E-state index contributed by atoms with van der Waals surface area (Å²) in [7, 11) is 2.78. The fourth-order valence-electron chi connectivity index (χ4n) is 3.70. The third kappa shape index (κ3) is 7.32. The maximum absolute atomic E-state index is 12.8. The first-order valence-electron chi connectivity index (χ1n) is 11.5. The van der Waals surface area contributed by atoms with Crippen molar-refractivity contribution in [1.29, 1.82) is 0 Å². The van der Waals surface area contributed by atoms with Gasteiger partial charge in [0.05, 0.1) is 24.7 Å². The number of nitrogens with zero attached hydrogens (tertiary/aromatic N) is 2. The zero-order chi connectivity index (χ0) is 24.5. The molecular weight excluding hydrogens is 420 g/mol. The Morgan fingerprint density at radius 3 is 2.52 bits per heavy atom. The molecule has 0 aromatic carbocycles. The molecule has 8 heteroatoms. The van der Waals surface area contributed by atoms with Crippen molar-refractivity contribution in [2.75, 3.05) is 31.5 Å². The normalized spacial score (nSPS) is 12.1. The molecule has 2 rings (SSSR count). The van der Waals surface area contributed by atoms with Crippen molar-refractivity contribution in [2.24, 2.45) is 5.92 Å². The maximum Gasteiger partial charge on any atom is 0.356 e. The fourth-order valence-corrected chi connectivity index (χ4v) is 3.70. The lowest BCUT2D eigenvalue weighted by Crippen LogP contribution is -2.24. The molecular formula is C25H38N4O4. The molecule has 0 bridgehead atoms. The minimum atomic E-state index is -0.529. The number of methoxy groups -OCH3 is 2. The van der Waals surface area contributed by atoms with Gasteiger partial charge in [0.25, 0.3) is 0 Å². The number of aromatic nitrogens is 2. The van der Waals surface area contributed by atoms with E-state index in [2.05, 4.69) is 43.0 Å². The van der Waals surface area contributed by atoms with E-state index in [0.29, 0.717) is 24.0 Å². The van der Waals surface area contributed by atoms with Crippen LogP contribution in [0.5, 0.6) is 0 Å². The van der Waals surface area contributed by atoms with Gasteiger partial charge in [-0.25, -0.2) is 9.78 Å². The van der Waals surface area contributed by atoms with Crippen LogP contribution in [0.1, 0.15) is 63.9 Å². The minimum absolute atomic E-state index is 0.116. The van der Waals surface area contributed by atoms with Crippen molar-refractivity contribution >= 4 is 23.3 Å². The first-order valence-corrected chi connectivity index (χ1v) is 11.5. The predicted molar refractivity (Wildman–Crippen MR) is 132 cm³/mol. The number of amides is 1. The van der Waals surface area contributed by atoms with Gasteiger partial charge in [0.15, 0.2) is 5.69 Å². The number of hydrogen-bond acceptors (Lipinski definition) is 6. The van der Waals surface area contributed by atoms with Gasteiger partial charge in [0.2, 0.25) is 5.91 Å². The van der Waals surface area contributed by atoms with Crippen LogP contribution in [0.2, 0.25) is 0 Å². The number of carbonyl (C=O) groups is 2. The zero-order valence-corrected chi connectivity index (χ0v) is 20.8. The van der Waals surface area contributed by atoms with E-state index in [1.54, 1.807) is 12.3 Å². The summed E-state index contributed by atoms with van der Waals surface area (Å²) in [5, 5.41) is 6.35. The number of pyridine rings is 1. The number of fused-ring (bicyclic) bond motifs is 1. The molecule has 0 radical (unpaired) electrons. The van der Waals surface area contributed by atoms with Crippen molar-refractivity contribution in [1.82, 2.24) is 9.55 Å². The molecule has 0 aromatic rings. The largest absolute Gasteiger partial charge is 0.464 e. The fraction of sp³-hybridized carbons (Fsp3) is 0.560. The Labute approximate surface area is 197 Å². The van der Waals surface area contributed by atoms with E-state index in [4.69, 9.17) is 9.47 Å². The van der Waals surface area contributed by atoms with Crippen LogP contribution in [0.4, 0.5) is 11.4 Å². The van der Waals surface area contributed by atoms with Gasteiger partial charge in [-0.05, 0) is 51.5 Å². The summed E-state index contributed by atoms with van der Waals surface area (Å²) in [6.45, 7) is 12.8. The molecule has 2 heterocycles. The quantitative estimate of drug-likeness (QED) is 0.326. The van der Waals surface area contributed by atoms with Crippen LogP contribution >= 0.6 is 0 Å². The van der Waals surface area contributed by atoms with Crippen molar-refractivity contribution in [2.45, 2.75) is 66.0 Å². The average Bonchev–Trinajstić information content (AvgIpc) is 3.13. The number of allylic oxidation sites excluding steroid dienone is 1. The Morgan fingerprint density at radius 2 is 1.91 bits per heavy atom. The summed E-state index contributed by atoms with van der Waals surface area (Å²) in [4.78, 5) is 29.7. The van der Waals surface area contributed by atoms with Gasteiger partial charge in [-0.1, -0.05) is 19.4 Å². The molecule has 182 valence electrons. The second kappa shape index (κ2) is 12.4. The van der Waals surface area contributed by atoms with E-state index >= 15 is 0 Å². The van der Waals surface area contributed by atoms with Crippen LogP contribution in [0.25, 0.3) is 11.4 Å². The summed E-state index contributed by atoms with van der Waals surface area (Å²) < 4.78 is 11.9. The van der Waals surface area contributed by atoms with E-state index < -0.39 is 5.97 Å². The molecule has 0 saturated heterocycles. The van der Waals surface area contributed by atoms with E-state index in [1.807, 2.05) is 11.5 Å². The molecule has 8 nitrogen and oxygen atoms in total. The van der Waals surface area contributed by atoms with Crippen LogP contribution in [-0.4, -0.2) is 48.3 Å². The predicted octanol–water partition coefficient (Wildman–Crippen LogP) is 4.95. The van der Waals surface area contributed by atoms with Crippen LogP contribution < -0.4 is 10.6 Å². The summed E-state index contributed by atoms with van der Waals surface area (Å²) in [6, 6.07) is 2.02. The highest BCUT2D eigenvalue weighted by molar-refractivity contribution is 6.02. The number of carbonyl (C=O) groups excluding carboxylic acids is 2. The minimum Gasteiger partial charge on any atom is -0.464 e. The number of ether oxygens (including phenoxy) is 2. The van der Waals surface area contributed by atoms with E-state index in [-0.39, 0.29) is 24.2 Å². The highest BCUT2D eigenvalue weighted by atomic mass is 16.5. The van der Waals surface area contributed by atoms with E-state index in [0.717, 1.165) is 36.9 Å². The highest BCUT2D eigenvalue weighted by Crippen LogP contribution is 2.36. The Kier molecular flexibility index (Phi) is 9.91. The number of rotatable bonds is 13. The molecule has 33 heavy (non-hydrogen) atoms. The Morgan fingerprint density at radius 1 is 1.18 bits per heavy atom. The molecule has 2 N–H and O–H groups in total. The summed E-state index contributed by atoms with van der Waals surface area (Å²) >= 11 is 0. The van der Waals surface area contributed by atoms with E-state index in [1.165, 1.54) is 19.8 Å². The first kappa shape index (κ1) is 26.4. The average molecular weight is 459 g/mol. The second-order valence-corrected chi connectivity index (χ2v) is 9.02. The monoisotopic (exact) mass is 458 g/mol. The van der Waals surface area contributed by atoms with Gasteiger partial charge in [-0.2, -0.15) is 0 Å². The van der Waals surface area contributed by atoms with Crippen LogP contribution in [0, 0.1) is 5.92 Å². The third-order valence-corrected chi connectivity index (χ3v) is 5.42. The summed E-state index contributed by atoms with van der Waals surface area (Å²) in [6.07, 6.45) is 5.67. The molecule has 1 unspecified atom stereocenters. The van der Waals surface area contributed by atoms with Gasteiger partial charge in [-0.15, -0.1) is 6.58 Å². The van der Waals surface area contributed by atoms with Crippen LogP contribution in [0.3, 0.4) is 0 Å². The molecule has 2 aliphatic heterocycles. The first-order chi connectivity index (χ1) is 15.7. The lowest BCUT2D eigenvalue weighted by molar-refractivity contribution is -0.119. The highest BCUT2D eigenvalue weighted by Gasteiger charge is 2.27. The summed E-state index contributed by atoms with van der Waals surface area (Å²) in [5.74, 6) is 0.224. The molecule has 1 atom stereocenters. The van der Waals surface area contributed by atoms with E-state index in [9.17, 15) is 9.59 Å².